The minimum atomic E-state index is -0.867. The summed E-state index contributed by atoms with van der Waals surface area (Å²) in [6.45, 7) is 8.39. The van der Waals surface area contributed by atoms with Crippen molar-refractivity contribution in [1.82, 2.24) is 19.9 Å². The molecule has 1 N–H and O–H groups in total. The average Bonchev–Trinajstić information content (AvgIpc) is 3.02. The Bertz CT molecular complexity index is 860. The maximum absolute atomic E-state index is 13.0. The number of carboxylic acids is 1. The zero-order chi connectivity index (χ0) is 20.4. The second-order valence-corrected chi connectivity index (χ2v) is 7.68. The molecule has 1 aliphatic rings. The van der Waals surface area contributed by atoms with E-state index in [2.05, 4.69) is 10.3 Å². The number of carboxylic acid groups (broad SMARTS) is 1. The van der Waals surface area contributed by atoms with Crippen LogP contribution < -0.4 is 4.74 Å². The predicted octanol–water partition coefficient (Wildman–Crippen LogP) is 2.55. The first-order valence-corrected chi connectivity index (χ1v) is 9.47. The monoisotopic (exact) mass is 386 g/mol. The molecule has 8 nitrogen and oxygen atoms in total. The van der Waals surface area contributed by atoms with Crippen LogP contribution in [0.4, 0.5) is 0 Å². The largest absolute Gasteiger partial charge is 0.491 e. The number of benzene rings is 1. The predicted molar refractivity (Wildman–Crippen MR) is 103 cm³/mol. The van der Waals surface area contributed by atoms with Gasteiger partial charge in [-0.05, 0) is 57.4 Å². The molecule has 0 aliphatic carbocycles. The lowest BCUT2D eigenvalue weighted by Gasteiger charge is -2.34. The molecule has 28 heavy (non-hydrogen) atoms. The topological polar surface area (TPSA) is 97.5 Å². The smallest absolute Gasteiger partial charge is 0.308 e. The Morgan fingerprint density at radius 1 is 1.21 bits per heavy atom. The molecule has 1 amide bonds. The Labute approximate surface area is 164 Å². The third kappa shape index (κ3) is 4.16. The molecule has 1 fully saturated rings. The van der Waals surface area contributed by atoms with Crippen LogP contribution in [0.15, 0.2) is 24.3 Å². The van der Waals surface area contributed by atoms with Gasteiger partial charge in [-0.25, -0.2) is 4.68 Å². The number of hydrogen-bond acceptors (Lipinski definition) is 5. The number of nitrogens with zero attached hydrogens (tertiary/aromatic N) is 4. The lowest BCUT2D eigenvalue weighted by atomic mass is 9.90. The maximum Gasteiger partial charge on any atom is 0.308 e. The van der Waals surface area contributed by atoms with E-state index >= 15 is 0 Å². The molecule has 0 spiro atoms. The number of aromatic nitrogens is 3. The maximum atomic E-state index is 13.0. The number of aliphatic carboxylic acids is 1. The molecule has 1 aromatic heterocycles. The van der Waals surface area contributed by atoms with Crippen molar-refractivity contribution in [2.75, 3.05) is 13.1 Å². The fourth-order valence-corrected chi connectivity index (χ4v) is 3.56. The first-order chi connectivity index (χ1) is 13.3. The highest BCUT2D eigenvalue weighted by molar-refractivity contribution is 5.93. The van der Waals surface area contributed by atoms with Gasteiger partial charge in [0.05, 0.1) is 23.4 Å². The highest BCUT2D eigenvalue weighted by atomic mass is 16.5. The molecule has 2 atom stereocenters. The second kappa shape index (κ2) is 8.00. The average molecular weight is 386 g/mol. The third-order valence-electron chi connectivity index (χ3n) is 4.85. The van der Waals surface area contributed by atoms with Gasteiger partial charge < -0.3 is 14.7 Å². The minimum absolute atomic E-state index is 0.0877. The number of carbonyl (C=O) groups is 2. The van der Waals surface area contributed by atoms with Gasteiger partial charge >= 0.3 is 5.97 Å². The van der Waals surface area contributed by atoms with Crippen molar-refractivity contribution in [1.29, 1.82) is 0 Å². The fourth-order valence-electron chi connectivity index (χ4n) is 3.56. The number of hydrogen-bond donors (Lipinski definition) is 1. The molecule has 2 aromatic rings. The van der Waals surface area contributed by atoms with Crippen LogP contribution in [-0.4, -0.2) is 56.1 Å². The van der Waals surface area contributed by atoms with Crippen LogP contribution in [0.1, 0.15) is 43.4 Å². The molecule has 2 heterocycles. The summed E-state index contributed by atoms with van der Waals surface area (Å²) in [4.78, 5) is 25.9. The molecule has 3 rings (SSSR count). The Kier molecular flexibility index (Phi) is 5.67. The van der Waals surface area contributed by atoms with Crippen molar-refractivity contribution in [3.8, 4) is 11.4 Å². The molecule has 1 saturated heterocycles. The molecular weight excluding hydrogens is 360 g/mol. The standard InChI is InChI=1S/C20H26N4O4/c1-12(2)28-17-7-5-16(6-8-17)24-14(4)18(21-22-24)19(25)23-10-13(3)9-15(11-23)20(26)27/h5-8,12-13,15H,9-11H2,1-4H3,(H,26,27). The van der Waals surface area contributed by atoms with Crippen molar-refractivity contribution >= 4 is 11.9 Å². The summed E-state index contributed by atoms with van der Waals surface area (Å²) in [6.07, 6.45) is 0.667. The summed E-state index contributed by atoms with van der Waals surface area (Å²) in [7, 11) is 0. The fraction of sp³-hybridized carbons (Fsp3) is 0.500. The summed E-state index contributed by atoms with van der Waals surface area (Å²) in [5.74, 6) is -0.802. The highest BCUT2D eigenvalue weighted by Gasteiger charge is 2.34. The first kappa shape index (κ1) is 19.9. The lowest BCUT2D eigenvalue weighted by Crippen LogP contribution is -2.45. The van der Waals surface area contributed by atoms with E-state index in [-0.39, 0.29) is 30.2 Å². The van der Waals surface area contributed by atoms with Gasteiger partial charge in [-0.3, -0.25) is 9.59 Å². The van der Waals surface area contributed by atoms with E-state index in [1.807, 2.05) is 45.0 Å². The lowest BCUT2D eigenvalue weighted by molar-refractivity contribution is -0.143. The number of carbonyl (C=O) groups excluding carboxylic acids is 1. The zero-order valence-corrected chi connectivity index (χ0v) is 16.6. The Morgan fingerprint density at radius 2 is 1.89 bits per heavy atom. The van der Waals surface area contributed by atoms with E-state index in [0.29, 0.717) is 18.7 Å². The van der Waals surface area contributed by atoms with Gasteiger partial charge in [0.15, 0.2) is 5.69 Å². The van der Waals surface area contributed by atoms with E-state index in [4.69, 9.17) is 4.74 Å². The van der Waals surface area contributed by atoms with Crippen molar-refractivity contribution in [2.24, 2.45) is 11.8 Å². The summed E-state index contributed by atoms with van der Waals surface area (Å²) in [5.41, 5.74) is 1.64. The highest BCUT2D eigenvalue weighted by Crippen LogP contribution is 2.24. The van der Waals surface area contributed by atoms with Gasteiger partial charge in [-0.2, -0.15) is 0 Å². The summed E-state index contributed by atoms with van der Waals surface area (Å²) >= 11 is 0. The third-order valence-corrected chi connectivity index (χ3v) is 4.85. The molecular formula is C20H26N4O4. The molecule has 8 heteroatoms. The van der Waals surface area contributed by atoms with E-state index in [9.17, 15) is 14.7 Å². The first-order valence-electron chi connectivity index (χ1n) is 9.47. The number of ether oxygens (including phenoxy) is 1. The minimum Gasteiger partial charge on any atom is -0.491 e. The van der Waals surface area contributed by atoms with E-state index in [0.717, 1.165) is 11.4 Å². The van der Waals surface area contributed by atoms with Gasteiger partial charge in [-0.1, -0.05) is 12.1 Å². The van der Waals surface area contributed by atoms with Gasteiger partial charge in [0, 0.05) is 13.1 Å². The van der Waals surface area contributed by atoms with Gasteiger partial charge in [0.25, 0.3) is 5.91 Å². The number of likely N-dealkylation sites (tertiary alicyclic amines) is 1. The van der Waals surface area contributed by atoms with Crippen LogP contribution in [0.5, 0.6) is 5.75 Å². The molecule has 0 saturated carbocycles. The van der Waals surface area contributed by atoms with E-state index in [1.54, 1.807) is 16.5 Å². The van der Waals surface area contributed by atoms with Crippen molar-refractivity contribution < 1.29 is 19.4 Å². The molecule has 1 aliphatic heterocycles. The molecule has 2 unspecified atom stereocenters. The summed E-state index contributed by atoms with van der Waals surface area (Å²) < 4.78 is 7.25. The van der Waals surface area contributed by atoms with Crippen molar-refractivity contribution in [2.45, 2.75) is 40.2 Å². The molecule has 0 radical (unpaired) electrons. The van der Waals surface area contributed by atoms with E-state index in [1.165, 1.54) is 0 Å². The quantitative estimate of drug-likeness (QED) is 0.848. The summed E-state index contributed by atoms with van der Waals surface area (Å²) in [6, 6.07) is 7.41. The van der Waals surface area contributed by atoms with Crippen LogP contribution in [0, 0.1) is 18.8 Å². The van der Waals surface area contributed by atoms with Crippen LogP contribution in [0.3, 0.4) is 0 Å². The van der Waals surface area contributed by atoms with Gasteiger partial charge in [0.1, 0.15) is 5.75 Å². The van der Waals surface area contributed by atoms with E-state index < -0.39 is 11.9 Å². The number of amides is 1. The van der Waals surface area contributed by atoms with Crippen molar-refractivity contribution in [3.05, 3.63) is 35.7 Å². The summed E-state index contributed by atoms with van der Waals surface area (Å²) in [5, 5.41) is 17.5. The van der Waals surface area contributed by atoms with Crippen LogP contribution >= 0.6 is 0 Å². The zero-order valence-electron chi connectivity index (χ0n) is 16.6. The number of piperidine rings is 1. The van der Waals surface area contributed by atoms with Gasteiger partial charge in [-0.15, -0.1) is 5.10 Å². The molecule has 150 valence electrons. The second-order valence-electron chi connectivity index (χ2n) is 7.68. The molecule has 1 aromatic carbocycles. The van der Waals surface area contributed by atoms with Crippen LogP contribution in [0.25, 0.3) is 5.69 Å². The Hall–Kier alpha value is -2.90. The van der Waals surface area contributed by atoms with Crippen LogP contribution in [-0.2, 0) is 4.79 Å². The van der Waals surface area contributed by atoms with Gasteiger partial charge in [0.2, 0.25) is 0 Å². The molecule has 0 bridgehead atoms. The normalized spacial score (nSPS) is 19.7. The van der Waals surface area contributed by atoms with Crippen LogP contribution in [0.2, 0.25) is 0 Å². The Balaban J connectivity index is 1.80. The number of rotatable bonds is 5. The SMILES string of the molecule is Cc1c(C(=O)N2CC(C)CC(C(=O)O)C2)nnn1-c1ccc(OC(C)C)cc1. The Morgan fingerprint density at radius 3 is 2.50 bits per heavy atom. The van der Waals surface area contributed by atoms with Crippen molar-refractivity contribution in [3.63, 3.8) is 0 Å².